The van der Waals surface area contributed by atoms with E-state index in [2.05, 4.69) is 10.6 Å². The first kappa shape index (κ1) is 18.0. The van der Waals surface area contributed by atoms with Gasteiger partial charge in [0.2, 0.25) is 0 Å². The zero-order valence-electron chi connectivity index (χ0n) is 13.8. The highest BCUT2D eigenvalue weighted by molar-refractivity contribution is 7.80. The van der Waals surface area contributed by atoms with E-state index in [1.165, 1.54) is 12.0 Å². The highest BCUT2D eigenvalue weighted by Crippen LogP contribution is 2.39. The summed E-state index contributed by atoms with van der Waals surface area (Å²) in [6, 6.07) is 5.22. The summed E-state index contributed by atoms with van der Waals surface area (Å²) < 4.78 is 10.2. The Hall–Kier alpha value is -1.83. The molecular formula is C17H17ClN2O3S2. The molecule has 0 radical (unpaired) electrons. The van der Waals surface area contributed by atoms with Gasteiger partial charge in [-0.2, -0.15) is 0 Å². The number of benzene rings is 1. The number of methoxy groups -OCH3 is 2. The molecule has 132 valence electrons. The van der Waals surface area contributed by atoms with E-state index in [1.807, 2.05) is 0 Å². The molecule has 1 aliphatic carbocycles. The average molecular weight is 397 g/mol. The van der Waals surface area contributed by atoms with Crippen molar-refractivity contribution in [1.29, 1.82) is 0 Å². The van der Waals surface area contributed by atoms with Crippen molar-refractivity contribution in [1.82, 2.24) is 0 Å². The van der Waals surface area contributed by atoms with Crippen molar-refractivity contribution in [2.45, 2.75) is 19.3 Å². The minimum Gasteiger partial charge on any atom is -0.495 e. The Morgan fingerprint density at radius 3 is 2.80 bits per heavy atom. The van der Waals surface area contributed by atoms with Crippen LogP contribution in [0.3, 0.4) is 0 Å². The maximum Gasteiger partial charge on any atom is 0.341 e. The third kappa shape index (κ3) is 3.73. The normalized spacial score (nSPS) is 12.4. The SMILES string of the molecule is COC(=O)c1c(NC(=S)Nc2cc(Cl)ccc2OC)sc2c1CCC2. The highest BCUT2D eigenvalue weighted by atomic mass is 35.5. The molecule has 0 bridgehead atoms. The topological polar surface area (TPSA) is 59.6 Å². The molecule has 1 aliphatic rings. The first-order chi connectivity index (χ1) is 12.0. The summed E-state index contributed by atoms with van der Waals surface area (Å²) in [6.07, 6.45) is 2.93. The van der Waals surface area contributed by atoms with Crippen molar-refractivity contribution in [3.63, 3.8) is 0 Å². The Kier molecular flexibility index (Phi) is 5.46. The van der Waals surface area contributed by atoms with Crippen molar-refractivity contribution in [3.8, 4) is 5.75 Å². The molecule has 8 heteroatoms. The van der Waals surface area contributed by atoms with Crippen LogP contribution in [0.15, 0.2) is 18.2 Å². The molecule has 5 nitrogen and oxygen atoms in total. The second kappa shape index (κ2) is 7.59. The number of carbonyl (C=O) groups excluding carboxylic acids is 1. The van der Waals surface area contributed by atoms with E-state index >= 15 is 0 Å². The van der Waals surface area contributed by atoms with Gasteiger partial charge in [-0.3, -0.25) is 0 Å². The lowest BCUT2D eigenvalue weighted by Crippen LogP contribution is -2.20. The number of hydrogen-bond acceptors (Lipinski definition) is 5. The van der Waals surface area contributed by atoms with Gasteiger partial charge >= 0.3 is 5.97 Å². The quantitative estimate of drug-likeness (QED) is 0.586. The lowest BCUT2D eigenvalue weighted by molar-refractivity contribution is 0.0601. The third-order valence-electron chi connectivity index (χ3n) is 3.95. The standard InChI is InChI=1S/C17H17ClN2O3S2/c1-22-12-7-6-9(18)8-11(12)19-17(24)20-15-14(16(21)23-2)10-4-3-5-13(10)25-15/h6-8H,3-5H2,1-2H3,(H2,19,20,24). The number of rotatable bonds is 4. The molecule has 0 aliphatic heterocycles. The summed E-state index contributed by atoms with van der Waals surface area (Å²) in [6.45, 7) is 0. The molecule has 25 heavy (non-hydrogen) atoms. The van der Waals surface area contributed by atoms with Gasteiger partial charge in [0.05, 0.1) is 25.5 Å². The molecule has 3 rings (SSSR count). The maximum atomic E-state index is 12.2. The number of halogens is 1. The van der Waals surface area contributed by atoms with Crippen molar-refractivity contribution >= 4 is 56.9 Å². The van der Waals surface area contributed by atoms with Crippen LogP contribution in [-0.2, 0) is 17.6 Å². The van der Waals surface area contributed by atoms with Crippen LogP contribution in [0.5, 0.6) is 5.75 Å². The van der Waals surface area contributed by atoms with Crippen LogP contribution >= 0.6 is 35.2 Å². The summed E-state index contributed by atoms with van der Waals surface area (Å²) in [7, 11) is 2.96. The largest absolute Gasteiger partial charge is 0.495 e. The van der Waals surface area contributed by atoms with E-state index < -0.39 is 0 Å². The van der Waals surface area contributed by atoms with E-state index in [4.69, 9.17) is 33.3 Å². The molecule has 1 aromatic heterocycles. The van der Waals surface area contributed by atoms with Gasteiger partial charge in [-0.25, -0.2) is 4.79 Å². The number of nitrogens with one attached hydrogen (secondary N) is 2. The summed E-state index contributed by atoms with van der Waals surface area (Å²) in [5.74, 6) is 0.278. The monoisotopic (exact) mass is 396 g/mol. The molecule has 0 saturated heterocycles. The van der Waals surface area contributed by atoms with Crippen LogP contribution in [0.4, 0.5) is 10.7 Å². The second-order valence-corrected chi connectivity index (χ2v) is 7.43. The lowest BCUT2D eigenvalue weighted by Gasteiger charge is -2.14. The van der Waals surface area contributed by atoms with Gasteiger partial charge in [-0.05, 0) is 55.2 Å². The summed E-state index contributed by atoms with van der Waals surface area (Å²) in [5, 5.41) is 7.80. The van der Waals surface area contributed by atoms with Gasteiger partial charge < -0.3 is 20.1 Å². The minimum atomic E-state index is -0.343. The number of aryl methyl sites for hydroxylation is 1. The van der Waals surface area contributed by atoms with Gasteiger partial charge in [-0.15, -0.1) is 11.3 Å². The molecule has 1 heterocycles. The number of esters is 1. The average Bonchev–Trinajstić information content (AvgIpc) is 3.15. The van der Waals surface area contributed by atoms with E-state index in [1.54, 1.807) is 36.6 Å². The van der Waals surface area contributed by atoms with E-state index in [0.717, 1.165) is 24.8 Å². The van der Waals surface area contributed by atoms with E-state index in [-0.39, 0.29) is 5.97 Å². The number of fused-ring (bicyclic) bond motifs is 1. The van der Waals surface area contributed by atoms with Crippen molar-refractivity contribution < 1.29 is 14.3 Å². The van der Waals surface area contributed by atoms with E-state index in [9.17, 15) is 4.79 Å². The Balaban J connectivity index is 1.82. The molecule has 2 aromatic rings. The Morgan fingerprint density at radius 2 is 2.08 bits per heavy atom. The number of thiocarbonyl (C=S) groups is 1. The fourth-order valence-corrected chi connectivity index (χ4v) is 4.58. The maximum absolute atomic E-state index is 12.2. The molecule has 0 spiro atoms. The molecule has 0 amide bonds. The lowest BCUT2D eigenvalue weighted by atomic mass is 10.1. The zero-order valence-corrected chi connectivity index (χ0v) is 16.2. The minimum absolute atomic E-state index is 0.343. The Bertz CT molecular complexity index is 836. The van der Waals surface area contributed by atoms with E-state index in [0.29, 0.717) is 32.1 Å². The van der Waals surface area contributed by atoms with Crippen LogP contribution < -0.4 is 15.4 Å². The van der Waals surface area contributed by atoms with Gasteiger partial charge in [0.15, 0.2) is 5.11 Å². The predicted octanol–water partition coefficient (Wildman–Crippen LogP) is 4.49. The number of thiophene rings is 1. The summed E-state index contributed by atoms with van der Waals surface area (Å²) >= 11 is 13.0. The number of hydrogen-bond donors (Lipinski definition) is 2. The third-order valence-corrected chi connectivity index (χ3v) is 5.59. The fraction of sp³-hybridized carbons (Fsp3) is 0.294. The van der Waals surface area contributed by atoms with Gasteiger partial charge in [0.25, 0.3) is 0 Å². The summed E-state index contributed by atoms with van der Waals surface area (Å²) in [5.41, 5.74) is 2.31. The molecule has 0 unspecified atom stereocenters. The number of anilines is 2. The van der Waals surface area contributed by atoms with Crippen molar-refractivity contribution in [3.05, 3.63) is 39.2 Å². The number of ether oxygens (including phenoxy) is 2. The molecule has 0 atom stereocenters. The van der Waals surface area contributed by atoms with Gasteiger partial charge in [0, 0.05) is 9.90 Å². The smallest absolute Gasteiger partial charge is 0.341 e. The second-order valence-electron chi connectivity index (χ2n) is 5.48. The molecule has 0 fully saturated rings. The van der Waals surface area contributed by atoms with Gasteiger partial charge in [0.1, 0.15) is 10.8 Å². The fourth-order valence-electron chi connectivity index (χ4n) is 2.84. The van der Waals surface area contributed by atoms with Crippen molar-refractivity contribution in [2.24, 2.45) is 0 Å². The highest BCUT2D eigenvalue weighted by Gasteiger charge is 2.27. The number of carbonyl (C=O) groups is 1. The zero-order chi connectivity index (χ0) is 18.0. The molecule has 2 N–H and O–H groups in total. The Labute approximate surface area is 160 Å². The molecule has 0 saturated carbocycles. The van der Waals surface area contributed by atoms with Crippen LogP contribution in [0, 0.1) is 0 Å². The molecule has 1 aromatic carbocycles. The Morgan fingerprint density at radius 1 is 1.28 bits per heavy atom. The summed E-state index contributed by atoms with van der Waals surface area (Å²) in [4.78, 5) is 13.4. The van der Waals surface area contributed by atoms with Crippen LogP contribution in [-0.4, -0.2) is 25.3 Å². The first-order valence-electron chi connectivity index (χ1n) is 7.68. The van der Waals surface area contributed by atoms with Gasteiger partial charge in [-0.1, -0.05) is 11.6 Å². The van der Waals surface area contributed by atoms with Crippen LogP contribution in [0.1, 0.15) is 27.2 Å². The van der Waals surface area contributed by atoms with Crippen molar-refractivity contribution in [2.75, 3.05) is 24.9 Å². The van der Waals surface area contributed by atoms with Crippen LogP contribution in [0.25, 0.3) is 0 Å². The first-order valence-corrected chi connectivity index (χ1v) is 9.28. The predicted molar refractivity (Wildman–Crippen MR) is 106 cm³/mol. The molecular weight excluding hydrogens is 380 g/mol. The van der Waals surface area contributed by atoms with Crippen LogP contribution in [0.2, 0.25) is 5.02 Å².